The molecule has 0 aromatic heterocycles. The van der Waals surface area contributed by atoms with Crippen molar-refractivity contribution < 1.29 is 34.2 Å². The molecule has 0 saturated carbocycles. The molecule has 0 aliphatic heterocycles. The molecule has 4 unspecified atom stereocenters. The molecule has 4 atom stereocenters. The molecule has 15 nitrogen and oxygen atoms in total. The van der Waals surface area contributed by atoms with Gasteiger partial charge in [0.25, 0.3) is 0 Å². The van der Waals surface area contributed by atoms with E-state index in [0.717, 1.165) is 0 Å². The molecule has 0 radical (unpaired) electrons. The number of phenolic OH excluding ortho intramolecular Hbond substituents is 1. The van der Waals surface area contributed by atoms with Gasteiger partial charge in [0.05, 0.1) is 6.04 Å². The SMILES string of the molecule is NC(=O)CCC(NC(=O)C(Cc1ccc(O)cc1)NC(=O)C(CCCN=C(N)N)NC(=O)C(N)CS)C(=O)O. The maximum Gasteiger partial charge on any atom is 0.326 e. The summed E-state index contributed by atoms with van der Waals surface area (Å²) in [6.45, 7) is 0.165. The third kappa shape index (κ3) is 12.8. The first kappa shape index (κ1) is 33.0. The first-order valence-corrected chi connectivity index (χ1v) is 12.6. The Morgan fingerprint density at radius 2 is 1.44 bits per heavy atom. The molecule has 1 rings (SSSR count). The Morgan fingerprint density at radius 1 is 0.872 bits per heavy atom. The molecule has 13 N–H and O–H groups in total. The highest BCUT2D eigenvalue weighted by Gasteiger charge is 2.30. The highest BCUT2D eigenvalue weighted by molar-refractivity contribution is 7.80. The lowest BCUT2D eigenvalue weighted by Gasteiger charge is -2.25. The Morgan fingerprint density at radius 3 is 1.97 bits per heavy atom. The number of hydrogen-bond acceptors (Lipinski definition) is 9. The minimum absolute atomic E-state index is 0.0158. The van der Waals surface area contributed by atoms with Gasteiger partial charge in [0.2, 0.25) is 23.6 Å². The fourth-order valence-electron chi connectivity index (χ4n) is 3.30. The molecule has 16 heteroatoms. The Bertz CT molecular complexity index is 1030. The first-order valence-electron chi connectivity index (χ1n) is 12.0. The van der Waals surface area contributed by atoms with E-state index in [1.165, 1.54) is 24.3 Å². The van der Waals surface area contributed by atoms with Crippen LogP contribution in [0.3, 0.4) is 0 Å². The Kier molecular flexibility index (Phi) is 14.1. The number of benzene rings is 1. The number of phenols is 1. The summed E-state index contributed by atoms with van der Waals surface area (Å²) in [5.74, 6) is -4.55. The summed E-state index contributed by atoms with van der Waals surface area (Å²) in [5, 5.41) is 26.4. The maximum absolute atomic E-state index is 13.2. The number of carbonyl (C=O) groups excluding carboxylic acids is 4. The number of nitrogens with zero attached hydrogens (tertiary/aromatic N) is 1. The Balaban J connectivity index is 3.17. The predicted octanol–water partition coefficient (Wildman–Crippen LogP) is -2.95. The van der Waals surface area contributed by atoms with Gasteiger partial charge in [-0.1, -0.05) is 12.1 Å². The van der Waals surface area contributed by atoms with Crippen molar-refractivity contribution in [2.75, 3.05) is 12.3 Å². The zero-order valence-electron chi connectivity index (χ0n) is 21.2. The van der Waals surface area contributed by atoms with Crippen molar-refractivity contribution in [1.29, 1.82) is 0 Å². The summed E-state index contributed by atoms with van der Waals surface area (Å²) < 4.78 is 0. The molecule has 0 heterocycles. The number of primary amides is 1. The number of rotatable bonds is 17. The quantitative estimate of drug-likeness (QED) is 0.0394. The number of aromatic hydroxyl groups is 1. The molecule has 0 fully saturated rings. The van der Waals surface area contributed by atoms with Gasteiger partial charge in [0.1, 0.15) is 23.9 Å². The molecule has 39 heavy (non-hydrogen) atoms. The maximum atomic E-state index is 13.2. The highest BCUT2D eigenvalue weighted by Crippen LogP contribution is 2.12. The number of nitrogens with two attached hydrogens (primary N) is 4. The summed E-state index contributed by atoms with van der Waals surface area (Å²) in [5.41, 5.74) is 22.0. The minimum atomic E-state index is -1.45. The third-order valence-corrected chi connectivity index (χ3v) is 5.81. The van der Waals surface area contributed by atoms with Crippen LogP contribution in [-0.4, -0.2) is 82.2 Å². The second-order valence-corrected chi connectivity index (χ2v) is 9.00. The van der Waals surface area contributed by atoms with E-state index in [2.05, 4.69) is 33.6 Å². The van der Waals surface area contributed by atoms with E-state index in [4.69, 9.17) is 22.9 Å². The number of aliphatic carboxylic acids is 1. The summed E-state index contributed by atoms with van der Waals surface area (Å²) in [6.07, 6.45) is -0.277. The van der Waals surface area contributed by atoms with Gasteiger partial charge in [-0.05, 0) is 37.0 Å². The van der Waals surface area contributed by atoms with Gasteiger partial charge in [-0.2, -0.15) is 12.6 Å². The summed E-state index contributed by atoms with van der Waals surface area (Å²) in [6, 6.07) is 0.903. The second-order valence-electron chi connectivity index (χ2n) is 8.64. The van der Waals surface area contributed by atoms with E-state index in [9.17, 15) is 34.2 Å². The van der Waals surface area contributed by atoms with E-state index in [0.29, 0.717) is 5.56 Å². The molecular weight excluding hydrogens is 532 g/mol. The van der Waals surface area contributed by atoms with Gasteiger partial charge in [-0.3, -0.25) is 24.2 Å². The molecule has 1 aromatic carbocycles. The zero-order chi connectivity index (χ0) is 29.5. The lowest BCUT2D eigenvalue weighted by atomic mass is 10.0. The molecule has 4 amide bonds. The van der Waals surface area contributed by atoms with Crippen molar-refractivity contribution in [3.8, 4) is 5.75 Å². The molecular formula is C23H36N8O7S. The van der Waals surface area contributed by atoms with Crippen molar-refractivity contribution >= 4 is 48.2 Å². The van der Waals surface area contributed by atoms with Crippen LogP contribution in [-0.2, 0) is 30.4 Å². The average Bonchev–Trinajstić information content (AvgIpc) is 2.87. The normalized spacial score (nSPS) is 13.7. The van der Waals surface area contributed by atoms with E-state index in [1.807, 2.05) is 0 Å². The number of aliphatic imine (C=N–C) groups is 1. The van der Waals surface area contributed by atoms with Crippen LogP contribution in [0.25, 0.3) is 0 Å². The van der Waals surface area contributed by atoms with E-state index in [1.54, 1.807) is 0 Å². The van der Waals surface area contributed by atoms with Crippen molar-refractivity contribution in [2.24, 2.45) is 27.9 Å². The third-order valence-electron chi connectivity index (χ3n) is 5.41. The van der Waals surface area contributed by atoms with Crippen LogP contribution in [0, 0.1) is 0 Å². The van der Waals surface area contributed by atoms with Crippen LogP contribution < -0.4 is 38.9 Å². The second kappa shape index (κ2) is 16.7. The van der Waals surface area contributed by atoms with Crippen molar-refractivity contribution in [2.45, 2.75) is 56.3 Å². The zero-order valence-corrected chi connectivity index (χ0v) is 22.1. The highest BCUT2D eigenvalue weighted by atomic mass is 32.1. The molecule has 0 bridgehead atoms. The van der Waals surface area contributed by atoms with Crippen LogP contribution in [0.5, 0.6) is 5.75 Å². The summed E-state index contributed by atoms with van der Waals surface area (Å²) in [7, 11) is 0. The predicted molar refractivity (Wildman–Crippen MR) is 145 cm³/mol. The number of amides is 4. The number of carboxylic acid groups (broad SMARTS) is 1. The van der Waals surface area contributed by atoms with Crippen LogP contribution >= 0.6 is 12.6 Å². The number of guanidine groups is 1. The molecule has 0 spiro atoms. The molecule has 216 valence electrons. The lowest BCUT2D eigenvalue weighted by molar-refractivity contribution is -0.142. The standard InChI is InChI=1S/C23H36N8O7S/c24-14(11-39)19(34)29-15(2-1-9-28-23(26)27)20(35)31-17(10-12-3-5-13(32)6-4-12)21(36)30-16(22(37)38)7-8-18(25)33/h3-6,14-17,32,39H,1-2,7-11,24H2,(H2,25,33)(H,29,34)(H,30,36)(H,31,35)(H,37,38)(H4,26,27,28). The fraction of sp³-hybridized carbons (Fsp3) is 0.478. The van der Waals surface area contributed by atoms with E-state index < -0.39 is 53.8 Å². The van der Waals surface area contributed by atoms with E-state index in [-0.39, 0.29) is 56.1 Å². The molecule has 0 aliphatic rings. The molecule has 0 saturated heterocycles. The average molecular weight is 569 g/mol. The lowest BCUT2D eigenvalue weighted by Crippen LogP contribution is -2.57. The van der Waals surface area contributed by atoms with Gasteiger partial charge >= 0.3 is 5.97 Å². The van der Waals surface area contributed by atoms with Crippen molar-refractivity contribution in [3.63, 3.8) is 0 Å². The topological polar surface area (TPSA) is 278 Å². The number of carbonyl (C=O) groups is 5. The first-order chi connectivity index (χ1) is 18.3. The van der Waals surface area contributed by atoms with Gasteiger partial charge in [0, 0.05) is 25.1 Å². The fourth-order valence-corrected chi connectivity index (χ4v) is 3.47. The van der Waals surface area contributed by atoms with Gasteiger partial charge in [-0.25, -0.2) is 4.79 Å². The van der Waals surface area contributed by atoms with Crippen LogP contribution in [0.15, 0.2) is 29.3 Å². The summed E-state index contributed by atoms with van der Waals surface area (Å²) >= 11 is 3.98. The van der Waals surface area contributed by atoms with Gasteiger partial charge in [0.15, 0.2) is 5.96 Å². The molecule has 0 aliphatic carbocycles. The van der Waals surface area contributed by atoms with Crippen molar-refractivity contribution in [1.82, 2.24) is 16.0 Å². The minimum Gasteiger partial charge on any atom is -0.508 e. The number of carboxylic acids is 1. The van der Waals surface area contributed by atoms with Gasteiger partial charge in [-0.15, -0.1) is 0 Å². The number of hydrogen-bond donors (Lipinski definition) is 10. The van der Waals surface area contributed by atoms with Crippen LogP contribution in [0.1, 0.15) is 31.2 Å². The summed E-state index contributed by atoms with van der Waals surface area (Å²) in [4.78, 5) is 65.3. The van der Waals surface area contributed by atoms with Gasteiger partial charge < -0.3 is 49.1 Å². The van der Waals surface area contributed by atoms with Crippen LogP contribution in [0.4, 0.5) is 0 Å². The van der Waals surface area contributed by atoms with E-state index >= 15 is 0 Å². The van der Waals surface area contributed by atoms with Crippen molar-refractivity contribution in [3.05, 3.63) is 29.8 Å². The largest absolute Gasteiger partial charge is 0.508 e. The van der Waals surface area contributed by atoms with Crippen LogP contribution in [0.2, 0.25) is 0 Å². The smallest absolute Gasteiger partial charge is 0.326 e. The monoisotopic (exact) mass is 568 g/mol. The Labute approximate surface area is 230 Å². The Hall–Kier alpha value is -4.05. The molecule has 1 aromatic rings. The number of thiol groups is 1. The number of nitrogens with one attached hydrogen (secondary N) is 3.